The number of imidazole rings is 1. The number of aromatic nitrogens is 4. The van der Waals surface area contributed by atoms with Crippen LogP contribution in [0.3, 0.4) is 0 Å². The molecular weight excluding hydrogens is 458 g/mol. The topological polar surface area (TPSA) is 88.1 Å². The number of anilines is 1. The second-order valence-electron chi connectivity index (χ2n) is 7.19. The highest BCUT2D eigenvalue weighted by Crippen LogP contribution is 2.39. The number of ether oxygens (including phenoxy) is 2. The molecule has 0 amide bonds. The Kier molecular flexibility index (Phi) is 5.30. The lowest BCUT2D eigenvalue weighted by molar-refractivity contribution is 0.0764. The summed E-state index contributed by atoms with van der Waals surface area (Å²) in [6.07, 6.45) is 3.95. The molecule has 8 heteroatoms. The third kappa shape index (κ3) is 3.74. The third-order valence-corrected chi connectivity index (χ3v) is 6.03. The zero-order valence-electron chi connectivity index (χ0n) is 16.6. The van der Waals surface area contributed by atoms with Crippen LogP contribution >= 0.6 is 15.9 Å². The van der Waals surface area contributed by atoms with E-state index in [0.29, 0.717) is 29.3 Å². The number of allylic oxidation sites excluding steroid dienone is 1. The Labute approximate surface area is 187 Å². The summed E-state index contributed by atoms with van der Waals surface area (Å²) in [7, 11) is 0. The zero-order chi connectivity index (χ0) is 21.2. The largest absolute Gasteiger partial charge is 0.462 e. The molecule has 2 N–H and O–H groups in total. The van der Waals surface area contributed by atoms with Crippen molar-refractivity contribution >= 4 is 32.9 Å². The smallest absolute Gasteiger partial charge is 0.229 e. The molecule has 1 unspecified atom stereocenters. The van der Waals surface area contributed by atoms with Crippen LogP contribution in [-0.4, -0.2) is 26.3 Å². The van der Waals surface area contributed by atoms with Gasteiger partial charge in [-0.1, -0.05) is 64.5 Å². The van der Waals surface area contributed by atoms with Crippen LogP contribution in [0, 0.1) is 0 Å². The van der Waals surface area contributed by atoms with E-state index in [1.54, 1.807) is 6.26 Å². The number of aryl methyl sites for hydroxylation is 2. The first-order chi connectivity index (χ1) is 15.2. The summed E-state index contributed by atoms with van der Waals surface area (Å²) in [5.41, 5.74) is 9.70. The van der Waals surface area contributed by atoms with Crippen LogP contribution in [0.1, 0.15) is 22.9 Å². The van der Waals surface area contributed by atoms with Crippen LogP contribution in [-0.2, 0) is 22.4 Å². The number of hydrogen-bond acceptors (Lipinski definition) is 6. The van der Waals surface area contributed by atoms with Crippen LogP contribution in [0.15, 0.2) is 77.4 Å². The van der Waals surface area contributed by atoms with Gasteiger partial charge in [-0.15, -0.1) is 0 Å². The van der Waals surface area contributed by atoms with E-state index < -0.39 is 0 Å². The standard InChI is InChI=1S/C23H20BrN5O2/c24-17-9-5-4-8-16(17)19(18-12-30-14-31-18)22-28-20-21(25)26-13-27-23(20)29(22)11-10-15-6-2-1-3-7-15/h1-9,12-13,19H,10-11,14H2,(H2,25,26,27). The summed E-state index contributed by atoms with van der Waals surface area (Å²) in [5.74, 6) is 1.53. The molecule has 1 aliphatic heterocycles. The number of fused-ring (bicyclic) bond motifs is 1. The minimum absolute atomic E-state index is 0.183. The van der Waals surface area contributed by atoms with Crippen molar-refractivity contribution < 1.29 is 9.47 Å². The minimum Gasteiger partial charge on any atom is -0.462 e. The summed E-state index contributed by atoms with van der Waals surface area (Å²) in [5, 5.41) is 0. The molecule has 0 bridgehead atoms. The first kappa shape index (κ1) is 19.6. The van der Waals surface area contributed by atoms with Crippen molar-refractivity contribution in [1.29, 1.82) is 0 Å². The minimum atomic E-state index is -0.289. The molecule has 0 spiro atoms. The highest BCUT2D eigenvalue weighted by Gasteiger charge is 2.31. The first-order valence-corrected chi connectivity index (χ1v) is 10.7. The quantitative estimate of drug-likeness (QED) is 0.442. The second kappa shape index (κ2) is 8.39. The van der Waals surface area contributed by atoms with E-state index in [1.165, 1.54) is 11.9 Å². The van der Waals surface area contributed by atoms with Gasteiger partial charge in [0.05, 0.1) is 0 Å². The Bertz CT molecular complexity index is 1260. The monoisotopic (exact) mass is 477 g/mol. The average Bonchev–Trinajstić information content (AvgIpc) is 3.44. The van der Waals surface area contributed by atoms with Gasteiger partial charge in [0.1, 0.15) is 30.1 Å². The highest BCUT2D eigenvalue weighted by molar-refractivity contribution is 9.10. The van der Waals surface area contributed by atoms with Crippen LogP contribution in [0.2, 0.25) is 0 Å². The van der Waals surface area contributed by atoms with E-state index in [-0.39, 0.29) is 12.7 Å². The van der Waals surface area contributed by atoms with Crippen molar-refractivity contribution in [3.05, 3.63) is 94.4 Å². The Morgan fingerprint density at radius 3 is 2.65 bits per heavy atom. The molecule has 2 aromatic heterocycles. The van der Waals surface area contributed by atoms with Gasteiger partial charge in [-0.05, 0) is 23.6 Å². The molecule has 7 nitrogen and oxygen atoms in total. The second-order valence-corrected chi connectivity index (χ2v) is 8.05. The maximum atomic E-state index is 6.16. The summed E-state index contributed by atoms with van der Waals surface area (Å²) < 4.78 is 14.3. The fraction of sp³-hybridized carbons (Fsp3) is 0.174. The number of nitrogens with zero attached hydrogens (tertiary/aromatic N) is 4. The molecule has 156 valence electrons. The third-order valence-electron chi connectivity index (χ3n) is 5.31. The van der Waals surface area contributed by atoms with Crippen molar-refractivity contribution in [1.82, 2.24) is 19.5 Å². The van der Waals surface area contributed by atoms with Gasteiger partial charge in [0, 0.05) is 11.0 Å². The lowest BCUT2D eigenvalue weighted by Gasteiger charge is -2.20. The maximum absolute atomic E-state index is 6.16. The summed E-state index contributed by atoms with van der Waals surface area (Å²) >= 11 is 3.69. The van der Waals surface area contributed by atoms with E-state index in [9.17, 15) is 0 Å². The van der Waals surface area contributed by atoms with E-state index in [4.69, 9.17) is 20.2 Å². The SMILES string of the molecule is Nc1ncnc2c1nc(C(C1=COCO1)c1ccccc1Br)n2CCc1ccccc1. The number of nitrogen functional groups attached to an aromatic ring is 1. The molecule has 4 aromatic rings. The van der Waals surface area contributed by atoms with Crippen LogP contribution < -0.4 is 5.73 Å². The van der Waals surface area contributed by atoms with E-state index in [2.05, 4.69) is 42.6 Å². The van der Waals surface area contributed by atoms with Crippen molar-refractivity contribution in [2.24, 2.45) is 0 Å². The Balaban J connectivity index is 1.67. The lowest BCUT2D eigenvalue weighted by atomic mass is 9.96. The fourth-order valence-corrected chi connectivity index (χ4v) is 4.34. The van der Waals surface area contributed by atoms with Crippen LogP contribution in [0.25, 0.3) is 11.2 Å². The molecule has 0 radical (unpaired) electrons. The summed E-state index contributed by atoms with van der Waals surface area (Å²) in [6, 6.07) is 18.4. The van der Waals surface area contributed by atoms with Gasteiger partial charge in [0.2, 0.25) is 6.79 Å². The predicted octanol–water partition coefficient (Wildman–Crippen LogP) is 4.39. The predicted molar refractivity (Wildman–Crippen MR) is 121 cm³/mol. The molecule has 3 heterocycles. The van der Waals surface area contributed by atoms with Gasteiger partial charge in [-0.2, -0.15) is 0 Å². The molecule has 5 rings (SSSR count). The molecule has 0 saturated carbocycles. The van der Waals surface area contributed by atoms with Crippen molar-refractivity contribution in [3.8, 4) is 0 Å². The number of rotatable bonds is 6. The van der Waals surface area contributed by atoms with Crippen molar-refractivity contribution in [3.63, 3.8) is 0 Å². The molecular formula is C23H20BrN5O2. The highest BCUT2D eigenvalue weighted by atomic mass is 79.9. The molecule has 2 aromatic carbocycles. The first-order valence-electron chi connectivity index (χ1n) is 9.92. The van der Waals surface area contributed by atoms with Crippen LogP contribution in [0.5, 0.6) is 0 Å². The van der Waals surface area contributed by atoms with Crippen molar-refractivity contribution in [2.45, 2.75) is 18.9 Å². The lowest BCUT2D eigenvalue weighted by Crippen LogP contribution is -2.15. The van der Waals surface area contributed by atoms with Gasteiger partial charge in [0.15, 0.2) is 17.0 Å². The molecule has 0 saturated heterocycles. The molecule has 1 aliphatic rings. The van der Waals surface area contributed by atoms with E-state index in [0.717, 1.165) is 22.3 Å². The molecule has 0 fully saturated rings. The normalized spacial score (nSPS) is 14.2. The fourth-order valence-electron chi connectivity index (χ4n) is 3.83. The number of nitrogens with two attached hydrogens (primary N) is 1. The van der Waals surface area contributed by atoms with Crippen molar-refractivity contribution in [2.75, 3.05) is 12.5 Å². The average molecular weight is 478 g/mol. The zero-order valence-corrected chi connectivity index (χ0v) is 18.2. The van der Waals surface area contributed by atoms with E-state index in [1.807, 2.05) is 42.5 Å². The van der Waals surface area contributed by atoms with Gasteiger partial charge in [-0.3, -0.25) is 0 Å². The number of halogens is 1. The van der Waals surface area contributed by atoms with Gasteiger partial charge >= 0.3 is 0 Å². The van der Waals surface area contributed by atoms with Crippen LogP contribution in [0.4, 0.5) is 5.82 Å². The Morgan fingerprint density at radius 1 is 1.06 bits per heavy atom. The molecule has 1 atom stereocenters. The van der Waals surface area contributed by atoms with Gasteiger partial charge < -0.3 is 19.8 Å². The number of hydrogen-bond donors (Lipinski definition) is 1. The van der Waals surface area contributed by atoms with Gasteiger partial charge in [0.25, 0.3) is 0 Å². The molecule has 0 aliphatic carbocycles. The Hall–Kier alpha value is -3.39. The van der Waals surface area contributed by atoms with E-state index >= 15 is 0 Å². The number of benzene rings is 2. The Morgan fingerprint density at radius 2 is 1.87 bits per heavy atom. The molecule has 31 heavy (non-hydrogen) atoms. The summed E-state index contributed by atoms with van der Waals surface area (Å²) in [6.45, 7) is 0.865. The summed E-state index contributed by atoms with van der Waals surface area (Å²) in [4.78, 5) is 13.5. The van der Waals surface area contributed by atoms with Gasteiger partial charge in [-0.25, -0.2) is 15.0 Å². The maximum Gasteiger partial charge on any atom is 0.229 e.